The molecule has 1 aromatic heterocycles. The van der Waals surface area contributed by atoms with E-state index < -0.39 is 0 Å². The minimum Gasteiger partial charge on any atom is -0.383 e. The third kappa shape index (κ3) is 3.39. The average molecular weight is 273 g/mol. The summed E-state index contributed by atoms with van der Waals surface area (Å²) in [5.74, 6) is 0.861. The van der Waals surface area contributed by atoms with Crippen molar-refractivity contribution in [2.45, 2.75) is 33.2 Å². The molecule has 108 valence electrons. The summed E-state index contributed by atoms with van der Waals surface area (Å²) in [6, 6.07) is 8.76. The number of imidazole rings is 1. The first-order valence-corrected chi connectivity index (χ1v) is 7.04. The van der Waals surface area contributed by atoms with Crippen molar-refractivity contribution >= 4 is 5.95 Å². The normalized spacial score (nSPS) is 12.4. The van der Waals surface area contributed by atoms with Crippen LogP contribution in [0, 0.1) is 6.92 Å². The van der Waals surface area contributed by atoms with Gasteiger partial charge in [0.2, 0.25) is 5.95 Å². The second kappa shape index (κ2) is 6.57. The van der Waals surface area contributed by atoms with Crippen LogP contribution in [0.4, 0.5) is 5.95 Å². The first kappa shape index (κ1) is 14.6. The molecule has 4 nitrogen and oxygen atoms in total. The number of anilines is 1. The van der Waals surface area contributed by atoms with Crippen LogP contribution in [0.15, 0.2) is 30.5 Å². The Morgan fingerprint density at radius 1 is 1.40 bits per heavy atom. The van der Waals surface area contributed by atoms with Crippen molar-refractivity contribution in [2.75, 3.05) is 19.0 Å². The van der Waals surface area contributed by atoms with E-state index in [1.165, 1.54) is 5.56 Å². The van der Waals surface area contributed by atoms with Crippen molar-refractivity contribution in [3.8, 4) is 5.69 Å². The number of ether oxygens (including phenoxy) is 1. The highest BCUT2D eigenvalue weighted by Gasteiger charge is 2.10. The number of aryl methyl sites for hydroxylation is 2. The summed E-state index contributed by atoms with van der Waals surface area (Å²) in [6.07, 6.45) is 3.08. The van der Waals surface area contributed by atoms with E-state index >= 15 is 0 Å². The fraction of sp³-hybridized carbons (Fsp3) is 0.438. The van der Waals surface area contributed by atoms with E-state index in [0.29, 0.717) is 6.61 Å². The zero-order chi connectivity index (χ0) is 14.5. The SMILES string of the molecule is CCc1cccc(-n2cc(C)nc2NC(C)COC)c1. The molecular formula is C16H23N3O. The lowest BCUT2D eigenvalue weighted by atomic mass is 10.1. The maximum atomic E-state index is 5.17. The molecule has 0 saturated carbocycles. The van der Waals surface area contributed by atoms with Crippen molar-refractivity contribution in [2.24, 2.45) is 0 Å². The summed E-state index contributed by atoms with van der Waals surface area (Å²) in [4.78, 5) is 4.56. The Morgan fingerprint density at radius 3 is 2.90 bits per heavy atom. The number of hydrogen-bond donors (Lipinski definition) is 1. The Bertz CT molecular complexity index is 563. The van der Waals surface area contributed by atoms with E-state index in [2.05, 4.69) is 59.2 Å². The van der Waals surface area contributed by atoms with Crippen LogP contribution in [0.25, 0.3) is 5.69 Å². The molecule has 0 bridgehead atoms. The molecule has 0 fully saturated rings. The highest BCUT2D eigenvalue weighted by molar-refractivity contribution is 5.45. The predicted octanol–water partition coefficient (Wildman–Crippen LogP) is 3.19. The molecule has 0 aliphatic heterocycles. The van der Waals surface area contributed by atoms with Crippen LogP contribution in [0.1, 0.15) is 25.1 Å². The number of methoxy groups -OCH3 is 1. The highest BCUT2D eigenvalue weighted by Crippen LogP contribution is 2.18. The molecule has 0 amide bonds. The van der Waals surface area contributed by atoms with E-state index in [4.69, 9.17) is 4.74 Å². The minimum absolute atomic E-state index is 0.218. The van der Waals surface area contributed by atoms with E-state index in [1.807, 2.05) is 6.92 Å². The van der Waals surface area contributed by atoms with Crippen molar-refractivity contribution < 1.29 is 4.74 Å². The van der Waals surface area contributed by atoms with E-state index in [0.717, 1.165) is 23.8 Å². The molecule has 0 radical (unpaired) electrons. The number of nitrogens with zero attached hydrogens (tertiary/aromatic N) is 2. The smallest absolute Gasteiger partial charge is 0.208 e. The molecule has 1 N–H and O–H groups in total. The van der Waals surface area contributed by atoms with Crippen LogP contribution in [0.2, 0.25) is 0 Å². The van der Waals surface area contributed by atoms with Gasteiger partial charge in [-0.05, 0) is 38.0 Å². The zero-order valence-corrected chi connectivity index (χ0v) is 12.7. The zero-order valence-electron chi connectivity index (χ0n) is 12.7. The molecule has 2 aromatic rings. The molecule has 1 atom stereocenters. The molecule has 1 aromatic carbocycles. The lowest BCUT2D eigenvalue weighted by Crippen LogP contribution is -2.22. The molecule has 20 heavy (non-hydrogen) atoms. The average Bonchev–Trinajstić information content (AvgIpc) is 2.80. The van der Waals surface area contributed by atoms with Crippen LogP contribution in [-0.2, 0) is 11.2 Å². The van der Waals surface area contributed by atoms with Gasteiger partial charge in [-0.25, -0.2) is 4.98 Å². The molecular weight excluding hydrogens is 250 g/mol. The van der Waals surface area contributed by atoms with Gasteiger partial charge in [-0.3, -0.25) is 4.57 Å². The Morgan fingerprint density at radius 2 is 2.20 bits per heavy atom. The number of benzene rings is 1. The summed E-state index contributed by atoms with van der Waals surface area (Å²) in [6.45, 7) is 6.91. The summed E-state index contributed by atoms with van der Waals surface area (Å²) < 4.78 is 7.26. The van der Waals surface area contributed by atoms with Crippen molar-refractivity contribution in [3.63, 3.8) is 0 Å². The van der Waals surface area contributed by atoms with E-state index in [-0.39, 0.29) is 6.04 Å². The standard InChI is InChI=1S/C16H23N3O/c1-5-14-7-6-8-15(9-14)19-10-12(2)17-16(19)18-13(3)11-20-4/h6-10,13H,5,11H2,1-4H3,(H,17,18). The summed E-state index contributed by atoms with van der Waals surface area (Å²) in [7, 11) is 1.71. The van der Waals surface area contributed by atoms with Crippen molar-refractivity contribution in [1.82, 2.24) is 9.55 Å². The van der Waals surface area contributed by atoms with Crippen molar-refractivity contribution in [3.05, 3.63) is 41.7 Å². The summed E-state index contributed by atoms with van der Waals surface area (Å²) >= 11 is 0. The number of hydrogen-bond acceptors (Lipinski definition) is 3. The first-order chi connectivity index (χ1) is 9.63. The molecule has 0 aliphatic rings. The Kier molecular flexibility index (Phi) is 4.79. The van der Waals surface area contributed by atoms with Gasteiger partial charge < -0.3 is 10.1 Å². The number of aromatic nitrogens is 2. The van der Waals surface area contributed by atoms with Gasteiger partial charge in [0, 0.05) is 25.0 Å². The number of nitrogens with one attached hydrogen (secondary N) is 1. The fourth-order valence-corrected chi connectivity index (χ4v) is 2.23. The van der Waals surface area contributed by atoms with Crippen LogP contribution < -0.4 is 5.32 Å². The van der Waals surface area contributed by atoms with E-state index in [9.17, 15) is 0 Å². The van der Waals surface area contributed by atoms with Gasteiger partial charge in [0.25, 0.3) is 0 Å². The van der Waals surface area contributed by atoms with Gasteiger partial charge in [-0.1, -0.05) is 19.1 Å². The van der Waals surface area contributed by atoms with Crippen LogP contribution >= 0.6 is 0 Å². The molecule has 4 heteroatoms. The lowest BCUT2D eigenvalue weighted by Gasteiger charge is -2.15. The second-order valence-electron chi connectivity index (χ2n) is 5.10. The Hall–Kier alpha value is -1.81. The van der Waals surface area contributed by atoms with Gasteiger partial charge in [-0.2, -0.15) is 0 Å². The third-order valence-electron chi connectivity index (χ3n) is 3.22. The molecule has 0 aliphatic carbocycles. The molecule has 0 saturated heterocycles. The maximum Gasteiger partial charge on any atom is 0.208 e. The van der Waals surface area contributed by atoms with Gasteiger partial charge >= 0.3 is 0 Å². The van der Waals surface area contributed by atoms with Gasteiger partial charge in [0.05, 0.1) is 12.3 Å². The van der Waals surface area contributed by atoms with Crippen LogP contribution in [-0.4, -0.2) is 29.3 Å². The molecule has 1 unspecified atom stereocenters. The molecule has 1 heterocycles. The molecule has 0 spiro atoms. The maximum absolute atomic E-state index is 5.17. The first-order valence-electron chi connectivity index (χ1n) is 7.04. The summed E-state index contributed by atoms with van der Waals surface area (Å²) in [5, 5.41) is 3.40. The minimum atomic E-state index is 0.218. The van der Waals surface area contributed by atoms with Crippen LogP contribution in [0.3, 0.4) is 0 Å². The quantitative estimate of drug-likeness (QED) is 0.878. The largest absolute Gasteiger partial charge is 0.383 e. The lowest BCUT2D eigenvalue weighted by molar-refractivity contribution is 0.190. The topological polar surface area (TPSA) is 39.1 Å². The fourth-order valence-electron chi connectivity index (χ4n) is 2.23. The van der Waals surface area contributed by atoms with Crippen molar-refractivity contribution in [1.29, 1.82) is 0 Å². The Balaban J connectivity index is 2.31. The van der Waals surface area contributed by atoms with Gasteiger partial charge in [0.1, 0.15) is 0 Å². The highest BCUT2D eigenvalue weighted by atomic mass is 16.5. The molecule has 2 rings (SSSR count). The predicted molar refractivity (Wildman–Crippen MR) is 82.6 cm³/mol. The Labute approximate surface area is 120 Å². The number of rotatable bonds is 6. The van der Waals surface area contributed by atoms with E-state index in [1.54, 1.807) is 7.11 Å². The van der Waals surface area contributed by atoms with Crippen LogP contribution in [0.5, 0.6) is 0 Å². The van der Waals surface area contributed by atoms with Gasteiger partial charge in [0.15, 0.2) is 0 Å². The third-order valence-corrected chi connectivity index (χ3v) is 3.22. The second-order valence-corrected chi connectivity index (χ2v) is 5.10. The summed E-state index contributed by atoms with van der Waals surface area (Å²) in [5.41, 5.74) is 3.46. The van der Waals surface area contributed by atoms with Gasteiger partial charge in [-0.15, -0.1) is 0 Å². The monoisotopic (exact) mass is 273 g/mol.